The molecule has 0 saturated heterocycles. The van der Waals surface area contributed by atoms with Crippen molar-refractivity contribution in [2.24, 2.45) is 11.1 Å². The normalized spacial score (nSPS) is 14.8. The summed E-state index contributed by atoms with van der Waals surface area (Å²) >= 11 is 5.72. The fraction of sp³-hybridized carbons (Fsp3) is 0.419. The lowest BCUT2D eigenvalue weighted by Gasteiger charge is -2.41. The quantitative estimate of drug-likeness (QED) is 0.233. The number of alkyl halides is 3. The van der Waals surface area contributed by atoms with E-state index in [0.717, 1.165) is 37.3 Å². The highest BCUT2D eigenvalue weighted by molar-refractivity contribution is 7.80. The highest BCUT2D eigenvalue weighted by atomic mass is 32.1. The van der Waals surface area contributed by atoms with Crippen LogP contribution in [0.25, 0.3) is 0 Å². The van der Waals surface area contributed by atoms with Crippen molar-refractivity contribution >= 4 is 23.1 Å². The van der Waals surface area contributed by atoms with Crippen LogP contribution in [-0.4, -0.2) is 37.6 Å². The average Bonchev–Trinajstić information content (AvgIpc) is 3.63. The number of ketones is 1. The number of carbonyl (C=O) groups is 1. The Labute approximate surface area is 249 Å². The predicted octanol–water partition coefficient (Wildman–Crippen LogP) is 5.56. The van der Waals surface area contributed by atoms with E-state index in [4.69, 9.17) is 23.2 Å². The second-order valence-corrected chi connectivity index (χ2v) is 11.7. The van der Waals surface area contributed by atoms with E-state index in [-0.39, 0.29) is 35.5 Å². The molecule has 11 heteroatoms. The van der Waals surface area contributed by atoms with Gasteiger partial charge in [-0.3, -0.25) is 4.79 Å². The molecule has 1 aromatic heterocycles. The van der Waals surface area contributed by atoms with Crippen LogP contribution >= 0.6 is 12.2 Å². The molecule has 0 amide bonds. The van der Waals surface area contributed by atoms with Gasteiger partial charge in [0, 0.05) is 37.4 Å². The predicted molar refractivity (Wildman–Crippen MR) is 158 cm³/mol. The van der Waals surface area contributed by atoms with Crippen molar-refractivity contribution in [3.8, 4) is 6.07 Å². The molecule has 1 aliphatic rings. The summed E-state index contributed by atoms with van der Waals surface area (Å²) in [7, 11) is 0. The molecular weight excluding hydrogens is 561 g/mol. The van der Waals surface area contributed by atoms with Gasteiger partial charge in [0.2, 0.25) is 0 Å². The maximum absolute atomic E-state index is 13.9. The SMILES string of the molecule is CC(C)(C(=O)Cc1cncn1Cc1ccc(C#N)cc1)C(N)N(Cc1ccccc1C(F)(F)F)C(=S)NC1CCCC1. The molecule has 1 atom stereocenters. The van der Waals surface area contributed by atoms with Crippen molar-refractivity contribution in [2.75, 3.05) is 0 Å². The summed E-state index contributed by atoms with van der Waals surface area (Å²) in [5, 5.41) is 12.6. The van der Waals surface area contributed by atoms with Gasteiger partial charge in [0.25, 0.3) is 0 Å². The number of imidazole rings is 1. The number of halogens is 3. The van der Waals surface area contributed by atoms with Crippen LogP contribution in [0.3, 0.4) is 0 Å². The molecule has 1 fully saturated rings. The average molecular weight is 597 g/mol. The Kier molecular flexibility index (Phi) is 9.69. The minimum atomic E-state index is -4.55. The summed E-state index contributed by atoms with van der Waals surface area (Å²) in [5.74, 6) is -0.200. The summed E-state index contributed by atoms with van der Waals surface area (Å²) in [6, 6.07) is 14.7. The van der Waals surface area contributed by atoms with Crippen LogP contribution in [0.5, 0.6) is 0 Å². The van der Waals surface area contributed by atoms with Crippen LogP contribution in [-0.2, 0) is 30.5 Å². The number of hydrogen-bond acceptors (Lipinski definition) is 5. The molecule has 0 aliphatic heterocycles. The number of Topliss-reactive ketones (excluding diaryl/α,β-unsaturated/α-hetero) is 1. The van der Waals surface area contributed by atoms with Gasteiger partial charge in [0.05, 0.1) is 35.1 Å². The third-order valence-electron chi connectivity index (χ3n) is 7.98. The van der Waals surface area contributed by atoms with E-state index in [0.29, 0.717) is 17.8 Å². The maximum Gasteiger partial charge on any atom is 0.416 e. The van der Waals surface area contributed by atoms with E-state index in [9.17, 15) is 18.0 Å². The van der Waals surface area contributed by atoms with Crippen LogP contribution in [0.1, 0.15) is 67.5 Å². The number of aromatic nitrogens is 2. The minimum Gasteiger partial charge on any atom is -0.360 e. The molecular formula is C31H35F3N6OS. The lowest BCUT2D eigenvalue weighted by atomic mass is 9.81. The molecule has 1 aliphatic carbocycles. The van der Waals surface area contributed by atoms with E-state index in [1.165, 1.54) is 17.0 Å². The zero-order valence-corrected chi connectivity index (χ0v) is 24.5. The van der Waals surface area contributed by atoms with E-state index >= 15 is 0 Å². The Hall–Kier alpha value is -3.75. The fourth-order valence-corrected chi connectivity index (χ4v) is 5.55. The molecule has 3 aromatic rings. The van der Waals surface area contributed by atoms with Crippen LogP contribution in [0.15, 0.2) is 61.1 Å². The van der Waals surface area contributed by atoms with Crippen LogP contribution < -0.4 is 11.1 Å². The molecule has 2 aromatic carbocycles. The second kappa shape index (κ2) is 13.0. The number of thiocarbonyl (C=S) groups is 1. The van der Waals surface area contributed by atoms with Gasteiger partial charge < -0.3 is 20.5 Å². The number of nitrogens with zero attached hydrogens (tertiary/aromatic N) is 4. The van der Waals surface area contributed by atoms with Crippen molar-refractivity contribution in [2.45, 2.75) is 77.4 Å². The van der Waals surface area contributed by atoms with Crippen LogP contribution in [0.2, 0.25) is 0 Å². The zero-order chi connectivity index (χ0) is 30.5. The molecule has 222 valence electrons. The fourth-order valence-electron chi connectivity index (χ4n) is 5.21. The highest BCUT2D eigenvalue weighted by Crippen LogP contribution is 2.34. The standard InChI is InChI=1S/C31H35F3N6OS/c1-30(2,27(41)15-25-17-37-20-39(25)18-22-13-11-21(16-35)12-14-22)28(36)40(29(42)38-24-8-4-5-9-24)19-23-7-3-6-10-26(23)31(32,33)34/h3,6-7,10-14,17,20,24,28H,4-5,8-9,15,18-19,36H2,1-2H3,(H,38,42). The van der Waals surface area contributed by atoms with E-state index in [2.05, 4.69) is 16.4 Å². The largest absolute Gasteiger partial charge is 0.416 e. The molecule has 0 bridgehead atoms. The molecule has 4 rings (SSSR count). The Morgan fingerprint density at radius 3 is 2.50 bits per heavy atom. The first-order valence-electron chi connectivity index (χ1n) is 13.9. The summed E-state index contributed by atoms with van der Waals surface area (Å²) in [6.07, 6.45) is 1.62. The number of hydrogen-bond donors (Lipinski definition) is 2. The number of nitrogens with one attached hydrogen (secondary N) is 1. The number of benzene rings is 2. The van der Waals surface area contributed by atoms with E-state index < -0.39 is 23.3 Å². The molecule has 1 unspecified atom stereocenters. The lowest BCUT2D eigenvalue weighted by Crippen LogP contribution is -2.59. The van der Waals surface area contributed by atoms with Gasteiger partial charge in [-0.2, -0.15) is 18.4 Å². The Morgan fingerprint density at radius 1 is 1.19 bits per heavy atom. The monoisotopic (exact) mass is 596 g/mol. The summed E-state index contributed by atoms with van der Waals surface area (Å²) in [6.45, 7) is 3.64. The number of nitriles is 1. The second-order valence-electron chi connectivity index (χ2n) is 11.3. The Morgan fingerprint density at radius 2 is 1.86 bits per heavy atom. The Bertz CT molecular complexity index is 1440. The van der Waals surface area contributed by atoms with Gasteiger partial charge in [-0.25, -0.2) is 4.98 Å². The van der Waals surface area contributed by atoms with Crippen molar-refractivity contribution in [3.05, 3.63) is 89.0 Å². The smallest absolute Gasteiger partial charge is 0.360 e. The molecule has 1 heterocycles. The zero-order valence-electron chi connectivity index (χ0n) is 23.7. The molecule has 7 nitrogen and oxygen atoms in total. The van der Waals surface area contributed by atoms with Crippen molar-refractivity contribution in [1.29, 1.82) is 5.26 Å². The highest BCUT2D eigenvalue weighted by Gasteiger charge is 2.41. The number of nitrogens with two attached hydrogens (primary N) is 1. The first kappa shape index (κ1) is 31.2. The first-order valence-corrected chi connectivity index (χ1v) is 14.3. The summed E-state index contributed by atoms with van der Waals surface area (Å²) in [4.78, 5) is 19.5. The van der Waals surface area contributed by atoms with Crippen LogP contribution in [0, 0.1) is 16.7 Å². The van der Waals surface area contributed by atoms with Gasteiger partial charge in [-0.1, -0.05) is 43.2 Å². The van der Waals surface area contributed by atoms with Crippen molar-refractivity contribution in [3.63, 3.8) is 0 Å². The van der Waals surface area contributed by atoms with Gasteiger partial charge in [-0.05, 0) is 68.2 Å². The number of rotatable bonds is 10. The van der Waals surface area contributed by atoms with Gasteiger partial charge >= 0.3 is 6.18 Å². The third kappa shape index (κ3) is 7.36. The van der Waals surface area contributed by atoms with Crippen molar-refractivity contribution < 1.29 is 18.0 Å². The maximum atomic E-state index is 13.9. The first-order chi connectivity index (χ1) is 19.9. The molecule has 3 N–H and O–H groups in total. The van der Waals surface area contributed by atoms with E-state index in [1.807, 2.05) is 16.7 Å². The lowest BCUT2D eigenvalue weighted by molar-refractivity contribution is -0.138. The molecule has 1 saturated carbocycles. The van der Waals surface area contributed by atoms with Gasteiger partial charge in [0.15, 0.2) is 5.11 Å². The third-order valence-corrected chi connectivity index (χ3v) is 8.33. The summed E-state index contributed by atoms with van der Waals surface area (Å²) in [5.41, 5.74) is 6.99. The van der Waals surface area contributed by atoms with E-state index in [1.54, 1.807) is 44.6 Å². The molecule has 0 radical (unpaired) electrons. The Balaban J connectivity index is 1.56. The van der Waals surface area contributed by atoms with Gasteiger partial charge in [0.1, 0.15) is 5.78 Å². The topological polar surface area (TPSA) is 100.0 Å². The van der Waals surface area contributed by atoms with Gasteiger partial charge in [-0.15, -0.1) is 0 Å². The minimum absolute atomic E-state index is 0.0206. The van der Waals surface area contributed by atoms with Crippen molar-refractivity contribution in [1.82, 2.24) is 19.8 Å². The number of carbonyl (C=O) groups excluding carboxylic acids is 1. The summed E-state index contributed by atoms with van der Waals surface area (Å²) < 4.78 is 43.4. The molecule has 42 heavy (non-hydrogen) atoms. The molecule has 0 spiro atoms. The van der Waals surface area contributed by atoms with Crippen LogP contribution in [0.4, 0.5) is 13.2 Å².